The molecule has 0 amide bonds. The molecule has 0 atom stereocenters. The molecule has 1 aliphatic heterocycles. The van der Waals surface area contributed by atoms with Crippen LogP contribution < -0.4 is 15.5 Å². The maximum atomic E-state index is 13.4. The minimum absolute atomic E-state index is 0.253. The van der Waals surface area contributed by atoms with Crippen LogP contribution in [0.15, 0.2) is 67.5 Å². The number of hydrogen-bond acceptors (Lipinski definition) is 5. The third kappa shape index (κ3) is 5.12. The first-order valence-corrected chi connectivity index (χ1v) is 10.2. The smallest absolute Gasteiger partial charge is 0.131 e. The van der Waals surface area contributed by atoms with Crippen LogP contribution in [0, 0.1) is 18.6 Å². The summed E-state index contributed by atoms with van der Waals surface area (Å²) in [6.07, 6.45) is 3.72. The topological polar surface area (TPSA) is 49.4 Å². The summed E-state index contributed by atoms with van der Waals surface area (Å²) in [5, 5.41) is 5.02. The molecule has 2 aromatic carbocycles. The van der Waals surface area contributed by atoms with Gasteiger partial charge < -0.3 is 15.1 Å². The summed E-state index contributed by atoms with van der Waals surface area (Å²) in [4.78, 5) is 4.44. The zero-order chi connectivity index (χ0) is 22.7. The summed E-state index contributed by atoms with van der Waals surface area (Å²) in [6.45, 7) is 6.98. The van der Waals surface area contributed by atoms with Crippen LogP contribution in [0.4, 0.5) is 8.78 Å². The van der Waals surface area contributed by atoms with Gasteiger partial charge in [0.25, 0.3) is 0 Å². The second kappa shape index (κ2) is 9.20. The van der Waals surface area contributed by atoms with Gasteiger partial charge in [0.1, 0.15) is 23.1 Å². The Balaban J connectivity index is 1.48. The number of nitrogens with one attached hydrogen (secondary N) is 2. The summed E-state index contributed by atoms with van der Waals surface area (Å²) >= 11 is 0. The van der Waals surface area contributed by atoms with E-state index >= 15 is 0 Å². The van der Waals surface area contributed by atoms with E-state index in [4.69, 9.17) is 4.74 Å². The first kappa shape index (κ1) is 21.5. The molecule has 0 spiro atoms. The van der Waals surface area contributed by atoms with Gasteiger partial charge in [0.05, 0.1) is 5.69 Å². The van der Waals surface area contributed by atoms with E-state index in [1.54, 1.807) is 6.20 Å². The molecule has 0 aliphatic carbocycles. The van der Waals surface area contributed by atoms with Crippen LogP contribution in [-0.4, -0.2) is 23.6 Å². The van der Waals surface area contributed by atoms with Gasteiger partial charge in [-0.2, -0.15) is 0 Å². The highest BCUT2D eigenvalue weighted by molar-refractivity contribution is 5.67. The van der Waals surface area contributed by atoms with Gasteiger partial charge in [-0.3, -0.25) is 4.98 Å². The molecule has 32 heavy (non-hydrogen) atoms. The van der Waals surface area contributed by atoms with Crippen molar-refractivity contribution < 1.29 is 13.5 Å². The molecule has 0 unspecified atom stereocenters. The van der Waals surface area contributed by atoms with E-state index < -0.39 is 11.6 Å². The minimum Gasteiger partial charge on any atom is -0.457 e. The SMILES string of the molecule is C=C(NCc1cc(F)cc(F)c1)c1ccc(C)c(Oc2ccnc(C3=CN(C)NC3)c2)c1. The lowest BCUT2D eigenvalue weighted by Gasteiger charge is -2.14. The second-order valence-corrected chi connectivity index (χ2v) is 7.67. The number of rotatable bonds is 7. The first-order chi connectivity index (χ1) is 15.4. The molecule has 7 heteroatoms. The van der Waals surface area contributed by atoms with E-state index in [9.17, 15) is 8.78 Å². The number of aryl methyl sites for hydroxylation is 1. The predicted molar refractivity (Wildman–Crippen MR) is 121 cm³/mol. The molecule has 2 N–H and O–H groups in total. The fourth-order valence-electron chi connectivity index (χ4n) is 3.39. The standard InChI is InChI=1S/C25H24F2N4O/c1-16-4-5-19(17(2)29-13-18-8-21(26)11-22(27)9-18)10-25(16)32-23-6-7-28-24(12-23)20-14-30-31(3)15-20/h4-12,15,29-30H,2,13-14H2,1,3H3. The molecule has 5 nitrogen and oxygen atoms in total. The number of hydrogen-bond donors (Lipinski definition) is 2. The average molecular weight is 434 g/mol. The minimum atomic E-state index is -0.606. The number of pyridine rings is 1. The fraction of sp³-hybridized carbons (Fsp3) is 0.160. The first-order valence-electron chi connectivity index (χ1n) is 10.2. The molecule has 1 aromatic heterocycles. The number of halogens is 2. The van der Waals surface area contributed by atoms with Gasteiger partial charge in [-0.05, 0) is 42.3 Å². The summed E-state index contributed by atoms with van der Waals surface area (Å²) < 4.78 is 33.0. The van der Waals surface area contributed by atoms with E-state index in [1.807, 2.05) is 55.5 Å². The average Bonchev–Trinajstić information content (AvgIpc) is 3.19. The van der Waals surface area contributed by atoms with Crippen LogP contribution in [0.1, 0.15) is 22.4 Å². The Hall–Kier alpha value is -3.71. The number of ether oxygens (including phenoxy) is 1. The lowest BCUT2D eigenvalue weighted by atomic mass is 10.1. The quantitative estimate of drug-likeness (QED) is 0.547. The number of benzene rings is 2. The van der Waals surface area contributed by atoms with Gasteiger partial charge >= 0.3 is 0 Å². The molecular formula is C25H24F2N4O. The predicted octanol–water partition coefficient (Wildman–Crippen LogP) is 5.01. The van der Waals surface area contributed by atoms with E-state index in [1.165, 1.54) is 12.1 Å². The summed E-state index contributed by atoms with van der Waals surface area (Å²) in [5.74, 6) is 0.159. The normalized spacial score (nSPS) is 13.1. The van der Waals surface area contributed by atoms with E-state index in [0.29, 0.717) is 29.3 Å². The Bertz CT molecular complexity index is 1170. The van der Waals surface area contributed by atoms with Crippen LogP contribution in [0.5, 0.6) is 11.5 Å². The monoisotopic (exact) mass is 434 g/mol. The van der Waals surface area contributed by atoms with Crippen LogP contribution in [0.25, 0.3) is 11.3 Å². The molecule has 0 radical (unpaired) electrons. The zero-order valence-corrected chi connectivity index (χ0v) is 18.0. The van der Waals surface area contributed by atoms with Crippen molar-refractivity contribution in [3.63, 3.8) is 0 Å². The summed E-state index contributed by atoms with van der Waals surface area (Å²) in [6, 6.07) is 12.9. The lowest BCUT2D eigenvalue weighted by Crippen LogP contribution is -2.23. The summed E-state index contributed by atoms with van der Waals surface area (Å²) in [7, 11) is 1.94. The van der Waals surface area contributed by atoms with E-state index in [2.05, 4.69) is 22.3 Å². The maximum Gasteiger partial charge on any atom is 0.131 e. The van der Waals surface area contributed by atoms with Crippen molar-refractivity contribution in [1.82, 2.24) is 20.7 Å². The third-order valence-corrected chi connectivity index (χ3v) is 5.12. The van der Waals surface area contributed by atoms with Crippen molar-refractivity contribution in [1.29, 1.82) is 0 Å². The van der Waals surface area contributed by atoms with Crippen molar-refractivity contribution in [3.05, 3.63) is 102 Å². The Morgan fingerprint density at radius 3 is 2.66 bits per heavy atom. The van der Waals surface area contributed by atoms with Crippen LogP contribution in [-0.2, 0) is 6.54 Å². The Labute approximate surface area is 186 Å². The molecule has 0 bridgehead atoms. The molecule has 4 rings (SSSR count). The molecule has 1 aliphatic rings. The lowest BCUT2D eigenvalue weighted by molar-refractivity contribution is 0.374. The van der Waals surface area contributed by atoms with Crippen LogP contribution in [0.2, 0.25) is 0 Å². The van der Waals surface area contributed by atoms with Gasteiger partial charge in [-0.15, -0.1) is 0 Å². The molecule has 0 saturated heterocycles. The molecule has 3 aromatic rings. The number of aromatic nitrogens is 1. The number of nitrogens with zero attached hydrogens (tertiary/aromatic N) is 2. The van der Waals surface area contributed by atoms with Crippen LogP contribution in [0.3, 0.4) is 0 Å². The second-order valence-electron chi connectivity index (χ2n) is 7.67. The fourth-order valence-corrected chi connectivity index (χ4v) is 3.39. The van der Waals surface area contributed by atoms with Crippen molar-refractivity contribution in [2.75, 3.05) is 13.6 Å². The van der Waals surface area contributed by atoms with Gasteiger partial charge in [-0.1, -0.05) is 18.7 Å². The van der Waals surface area contributed by atoms with E-state index in [0.717, 1.165) is 28.5 Å². The number of hydrazine groups is 1. The molecular weight excluding hydrogens is 410 g/mol. The van der Waals surface area contributed by atoms with Crippen LogP contribution >= 0.6 is 0 Å². The molecule has 164 valence electrons. The van der Waals surface area contributed by atoms with Crippen molar-refractivity contribution in [3.8, 4) is 11.5 Å². The highest BCUT2D eigenvalue weighted by Crippen LogP contribution is 2.29. The van der Waals surface area contributed by atoms with Gasteiger partial charge in [0, 0.05) is 61.5 Å². The third-order valence-electron chi connectivity index (χ3n) is 5.12. The molecule has 0 fully saturated rings. The zero-order valence-electron chi connectivity index (χ0n) is 18.0. The van der Waals surface area contributed by atoms with Gasteiger partial charge in [-0.25, -0.2) is 14.2 Å². The van der Waals surface area contributed by atoms with Gasteiger partial charge in [0.2, 0.25) is 0 Å². The van der Waals surface area contributed by atoms with Gasteiger partial charge in [0.15, 0.2) is 0 Å². The molecule has 0 saturated carbocycles. The highest BCUT2D eigenvalue weighted by Gasteiger charge is 2.13. The maximum absolute atomic E-state index is 13.4. The molecule has 2 heterocycles. The Kier molecular flexibility index (Phi) is 6.18. The largest absolute Gasteiger partial charge is 0.457 e. The van der Waals surface area contributed by atoms with E-state index in [-0.39, 0.29) is 6.54 Å². The van der Waals surface area contributed by atoms with Crippen molar-refractivity contribution in [2.24, 2.45) is 0 Å². The summed E-state index contributed by atoms with van der Waals surface area (Å²) in [5.41, 5.74) is 8.03. The Morgan fingerprint density at radius 2 is 1.94 bits per heavy atom. The highest BCUT2D eigenvalue weighted by atomic mass is 19.1. The Morgan fingerprint density at radius 1 is 1.16 bits per heavy atom. The van der Waals surface area contributed by atoms with Crippen molar-refractivity contribution in [2.45, 2.75) is 13.5 Å². The van der Waals surface area contributed by atoms with Crippen molar-refractivity contribution >= 4 is 11.3 Å².